The molecule has 0 fully saturated rings. The van der Waals surface area contributed by atoms with E-state index in [4.69, 9.17) is 0 Å². The van der Waals surface area contributed by atoms with E-state index >= 15 is 0 Å². The normalized spacial score (nSPS) is 10.8. The lowest BCUT2D eigenvalue weighted by atomic mass is 10.1. The molecule has 0 amide bonds. The van der Waals surface area contributed by atoms with Gasteiger partial charge in [-0.2, -0.15) is 0 Å². The van der Waals surface area contributed by atoms with Gasteiger partial charge in [-0.3, -0.25) is 9.59 Å². The third kappa shape index (κ3) is 1.90. The second-order valence-electron chi connectivity index (χ2n) is 4.30. The minimum Gasteiger partial charge on any atom is -0.353 e. The lowest BCUT2D eigenvalue weighted by Crippen LogP contribution is -2.02. The van der Waals surface area contributed by atoms with Gasteiger partial charge < -0.3 is 4.98 Å². The molecule has 0 aliphatic carbocycles. The van der Waals surface area contributed by atoms with Crippen LogP contribution in [-0.2, 0) is 0 Å². The Labute approximate surface area is 113 Å². The number of thiophene rings is 1. The number of aryl methyl sites for hydroxylation is 1. The van der Waals surface area contributed by atoms with Crippen molar-refractivity contribution in [3.8, 4) is 0 Å². The van der Waals surface area contributed by atoms with E-state index in [1.54, 1.807) is 18.3 Å². The number of H-pyrrole nitrogens is 1. The zero-order valence-electron chi connectivity index (χ0n) is 10.3. The molecule has 0 unspecified atom stereocenters. The van der Waals surface area contributed by atoms with Crippen molar-refractivity contribution in [1.29, 1.82) is 0 Å². The second-order valence-corrected chi connectivity index (χ2v) is 5.32. The van der Waals surface area contributed by atoms with Crippen molar-refractivity contribution in [2.45, 2.75) is 6.92 Å². The maximum Gasteiger partial charge on any atom is 0.203 e. The Bertz CT molecular complexity index is 815. The van der Waals surface area contributed by atoms with Crippen LogP contribution in [0.4, 0.5) is 0 Å². The minimum atomic E-state index is -0.0467. The molecular weight excluding hydrogens is 258 g/mol. The van der Waals surface area contributed by atoms with Crippen molar-refractivity contribution < 1.29 is 4.79 Å². The van der Waals surface area contributed by atoms with E-state index in [1.165, 1.54) is 17.4 Å². The van der Waals surface area contributed by atoms with Crippen LogP contribution >= 0.6 is 11.3 Å². The van der Waals surface area contributed by atoms with Gasteiger partial charge in [0.15, 0.2) is 5.43 Å². The van der Waals surface area contributed by atoms with Gasteiger partial charge in [-0.15, -0.1) is 11.3 Å². The Balaban J connectivity index is 2.22. The summed E-state index contributed by atoms with van der Waals surface area (Å²) in [6, 6.07) is 10.6. The summed E-state index contributed by atoms with van der Waals surface area (Å²) in [5, 5.41) is 0.617. The third-order valence-electron chi connectivity index (χ3n) is 3.08. The van der Waals surface area contributed by atoms with E-state index < -0.39 is 0 Å². The molecule has 3 rings (SSSR count). The van der Waals surface area contributed by atoms with E-state index in [0.29, 0.717) is 15.8 Å². The van der Waals surface area contributed by atoms with E-state index in [-0.39, 0.29) is 11.2 Å². The molecule has 0 saturated heterocycles. The average Bonchev–Trinajstić information content (AvgIpc) is 2.78. The quantitative estimate of drug-likeness (QED) is 0.727. The summed E-state index contributed by atoms with van der Waals surface area (Å²) in [5.41, 5.74) is 1.36. The molecule has 0 spiro atoms. The van der Waals surface area contributed by atoms with Gasteiger partial charge in [-0.05, 0) is 12.5 Å². The van der Waals surface area contributed by atoms with Crippen LogP contribution in [0.2, 0.25) is 0 Å². The van der Waals surface area contributed by atoms with Gasteiger partial charge in [0.2, 0.25) is 5.78 Å². The minimum absolute atomic E-state index is 0.0351. The zero-order valence-corrected chi connectivity index (χ0v) is 11.1. The molecule has 0 atom stereocenters. The summed E-state index contributed by atoms with van der Waals surface area (Å²) in [6.07, 6.45) is 1.61. The van der Waals surface area contributed by atoms with Crippen LogP contribution in [0, 0.1) is 6.92 Å². The molecule has 0 aliphatic heterocycles. The SMILES string of the molecule is Cc1c(C(=O)c2ccccc2)sc2[nH]ccc(=O)c12. The monoisotopic (exact) mass is 269 g/mol. The summed E-state index contributed by atoms with van der Waals surface area (Å²) < 4.78 is 0. The summed E-state index contributed by atoms with van der Waals surface area (Å²) in [7, 11) is 0. The van der Waals surface area contributed by atoms with E-state index in [2.05, 4.69) is 4.98 Å². The predicted molar refractivity (Wildman–Crippen MR) is 77.1 cm³/mol. The van der Waals surface area contributed by atoms with Crippen LogP contribution in [0.25, 0.3) is 10.2 Å². The fourth-order valence-corrected chi connectivity index (χ4v) is 3.28. The number of hydrogen-bond donors (Lipinski definition) is 1. The smallest absolute Gasteiger partial charge is 0.203 e. The van der Waals surface area contributed by atoms with Crippen LogP contribution in [0.3, 0.4) is 0 Å². The summed E-state index contributed by atoms with van der Waals surface area (Å²) in [4.78, 5) is 28.7. The van der Waals surface area contributed by atoms with Crippen molar-refractivity contribution in [1.82, 2.24) is 4.98 Å². The number of fused-ring (bicyclic) bond motifs is 1. The second kappa shape index (κ2) is 4.48. The molecule has 0 bridgehead atoms. The Morgan fingerprint density at radius 1 is 1.16 bits per heavy atom. The standard InChI is InChI=1S/C15H11NO2S/c1-9-12-11(17)7-8-16-15(12)19-14(9)13(18)10-5-3-2-4-6-10/h2-8H,1H3,(H,16,17). The lowest BCUT2D eigenvalue weighted by Gasteiger charge is -1.98. The Morgan fingerprint density at radius 3 is 2.58 bits per heavy atom. The Morgan fingerprint density at radius 2 is 1.89 bits per heavy atom. The van der Waals surface area contributed by atoms with Crippen LogP contribution in [-0.4, -0.2) is 10.8 Å². The molecule has 2 aromatic heterocycles. The van der Waals surface area contributed by atoms with Crippen molar-refractivity contribution in [3.05, 3.63) is 68.8 Å². The van der Waals surface area contributed by atoms with Crippen molar-refractivity contribution >= 4 is 27.3 Å². The first-order valence-electron chi connectivity index (χ1n) is 5.89. The number of hydrogen-bond acceptors (Lipinski definition) is 3. The maximum atomic E-state index is 12.4. The Hall–Kier alpha value is -2.20. The van der Waals surface area contributed by atoms with Crippen LogP contribution in [0.5, 0.6) is 0 Å². The summed E-state index contributed by atoms with van der Waals surface area (Å²) >= 11 is 1.34. The average molecular weight is 269 g/mol. The lowest BCUT2D eigenvalue weighted by molar-refractivity contribution is 0.104. The van der Waals surface area contributed by atoms with E-state index in [1.807, 2.05) is 25.1 Å². The van der Waals surface area contributed by atoms with Gasteiger partial charge in [0, 0.05) is 17.8 Å². The molecule has 94 valence electrons. The van der Waals surface area contributed by atoms with E-state index in [9.17, 15) is 9.59 Å². The zero-order chi connectivity index (χ0) is 13.4. The number of benzene rings is 1. The maximum absolute atomic E-state index is 12.4. The number of pyridine rings is 1. The largest absolute Gasteiger partial charge is 0.353 e. The van der Waals surface area contributed by atoms with E-state index in [0.717, 1.165) is 10.4 Å². The highest BCUT2D eigenvalue weighted by Crippen LogP contribution is 2.28. The van der Waals surface area contributed by atoms with Gasteiger partial charge in [0.1, 0.15) is 4.83 Å². The third-order valence-corrected chi connectivity index (χ3v) is 4.31. The van der Waals surface area contributed by atoms with Gasteiger partial charge >= 0.3 is 0 Å². The fourth-order valence-electron chi connectivity index (χ4n) is 2.13. The first-order valence-corrected chi connectivity index (χ1v) is 6.70. The van der Waals surface area contributed by atoms with Gasteiger partial charge in [-0.25, -0.2) is 0 Å². The number of aromatic amines is 1. The van der Waals surface area contributed by atoms with Crippen molar-refractivity contribution in [3.63, 3.8) is 0 Å². The first kappa shape index (κ1) is 11.9. The van der Waals surface area contributed by atoms with Crippen LogP contribution in [0.15, 0.2) is 47.4 Å². The molecule has 3 aromatic rings. The van der Waals surface area contributed by atoms with Gasteiger partial charge in [-0.1, -0.05) is 30.3 Å². The number of nitrogens with one attached hydrogen (secondary N) is 1. The van der Waals surface area contributed by atoms with Gasteiger partial charge in [0.05, 0.1) is 10.3 Å². The molecular formula is C15H11NO2S. The molecule has 0 saturated carbocycles. The van der Waals surface area contributed by atoms with Crippen molar-refractivity contribution in [2.24, 2.45) is 0 Å². The highest BCUT2D eigenvalue weighted by atomic mass is 32.1. The topological polar surface area (TPSA) is 49.9 Å². The summed E-state index contributed by atoms with van der Waals surface area (Å²) in [5.74, 6) is -0.0351. The fraction of sp³-hybridized carbons (Fsp3) is 0.0667. The molecule has 1 aromatic carbocycles. The Kier molecular flexibility index (Phi) is 2.80. The summed E-state index contributed by atoms with van der Waals surface area (Å²) in [6.45, 7) is 1.82. The van der Waals surface area contributed by atoms with Crippen LogP contribution < -0.4 is 5.43 Å². The first-order chi connectivity index (χ1) is 9.18. The molecule has 0 radical (unpaired) electrons. The molecule has 1 N–H and O–H groups in total. The highest BCUT2D eigenvalue weighted by molar-refractivity contribution is 7.20. The van der Waals surface area contributed by atoms with Crippen LogP contribution in [0.1, 0.15) is 20.8 Å². The molecule has 2 heterocycles. The number of aromatic nitrogens is 1. The van der Waals surface area contributed by atoms with Crippen molar-refractivity contribution in [2.75, 3.05) is 0 Å². The number of carbonyl (C=O) groups excluding carboxylic acids is 1. The molecule has 3 nitrogen and oxygen atoms in total. The highest BCUT2D eigenvalue weighted by Gasteiger charge is 2.18. The van der Waals surface area contributed by atoms with Gasteiger partial charge in [0.25, 0.3) is 0 Å². The molecule has 4 heteroatoms. The molecule has 19 heavy (non-hydrogen) atoms. The number of rotatable bonds is 2. The predicted octanol–water partition coefficient (Wildman–Crippen LogP) is 3.13. The number of carbonyl (C=O) groups is 1. The number of ketones is 1. The molecule has 0 aliphatic rings.